The first kappa shape index (κ1) is 15.4. The Morgan fingerprint density at radius 2 is 2.04 bits per heavy atom. The van der Waals surface area contributed by atoms with E-state index in [4.69, 9.17) is 0 Å². The number of likely N-dealkylation sites (tertiary alicyclic amines) is 1. The van der Waals surface area contributed by atoms with Gasteiger partial charge < -0.3 is 4.90 Å². The van der Waals surface area contributed by atoms with E-state index in [0.717, 1.165) is 32.5 Å². The van der Waals surface area contributed by atoms with Gasteiger partial charge in [-0.15, -0.1) is 0 Å². The van der Waals surface area contributed by atoms with Crippen molar-refractivity contribution in [2.24, 2.45) is 0 Å². The average Bonchev–Trinajstić information content (AvgIpc) is 2.62. The summed E-state index contributed by atoms with van der Waals surface area (Å²) in [5, 5.41) is 9.22. The molecule has 1 aliphatic rings. The van der Waals surface area contributed by atoms with Gasteiger partial charge in [0.1, 0.15) is 6.07 Å². The van der Waals surface area contributed by atoms with Gasteiger partial charge in [0, 0.05) is 38.6 Å². The van der Waals surface area contributed by atoms with Gasteiger partial charge in [-0.3, -0.25) is 4.90 Å². The zero-order chi connectivity index (χ0) is 16.1. The van der Waals surface area contributed by atoms with Crippen molar-refractivity contribution in [3.05, 3.63) is 54.0 Å². The third-order valence-electron chi connectivity index (χ3n) is 4.40. The molecular formula is C18H21N5. The van der Waals surface area contributed by atoms with Gasteiger partial charge in [0.25, 0.3) is 0 Å². The standard InChI is InChI=1S/C18H21N5/c1-22(18-17(12-19)20-9-10-21-18)16-8-5-11-23(14-16)13-15-6-3-2-4-7-15/h2-4,6-7,9-10,16H,5,8,11,13-14H2,1H3. The molecule has 0 amide bonds. The lowest BCUT2D eigenvalue weighted by molar-refractivity contribution is 0.198. The van der Waals surface area contributed by atoms with E-state index in [9.17, 15) is 5.26 Å². The summed E-state index contributed by atoms with van der Waals surface area (Å²) in [6.45, 7) is 3.06. The van der Waals surface area contributed by atoms with Crippen LogP contribution in [-0.4, -0.2) is 41.0 Å². The van der Waals surface area contributed by atoms with Crippen LogP contribution in [0.4, 0.5) is 5.82 Å². The molecule has 3 rings (SSSR count). The number of nitrogens with zero attached hydrogens (tertiary/aromatic N) is 5. The topological polar surface area (TPSA) is 56.1 Å². The van der Waals surface area contributed by atoms with E-state index in [1.807, 2.05) is 13.1 Å². The summed E-state index contributed by atoms with van der Waals surface area (Å²) < 4.78 is 0. The van der Waals surface area contributed by atoms with E-state index < -0.39 is 0 Å². The van der Waals surface area contributed by atoms with E-state index in [0.29, 0.717) is 17.6 Å². The second-order valence-electron chi connectivity index (χ2n) is 5.97. The molecule has 0 bridgehead atoms. The van der Waals surface area contributed by atoms with Crippen molar-refractivity contribution in [2.75, 3.05) is 25.0 Å². The molecule has 2 aromatic rings. The molecular weight excluding hydrogens is 286 g/mol. The minimum Gasteiger partial charge on any atom is -0.353 e. The minimum absolute atomic E-state index is 0.358. The molecule has 1 atom stereocenters. The van der Waals surface area contributed by atoms with Gasteiger partial charge in [0.15, 0.2) is 11.5 Å². The van der Waals surface area contributed by atoms with E-state index in [-0.39, 0.29) is 0 Å². The molecule has 1 saturated heterocycles. The fourth-order valence-corrected chi connectivity index (χ4v) is 3.17. The number of nitriles is 1. The third-order valence-corrected chi connectivity index (χ3v) is 4.40. The predicted octanol–water partition coefficient (Wildman–Crippen LogP) is 2.45. The van der Waals surface area contributed by atoms with Crippen molar-refractivity contribution in [1.29, 1.82) is 5.26 Å². The lowest BCUT2D eigenvalue weighted by Gasteiger charge is -2.38. The summed E-state index contributed by atoms with van der Waals surface area (Å²) in [5.41, 5.74) is 1.74. The van der Waals surface area contributed by atoms with Crippen LogP contribution < -0.4 is 4.90 Å². The van der Waals surface area contributed by atoms with Gasteiger partial charge in [-0.1, -0.05) is 30.3 Å². The SMILES string of the molecule is CN(c1nccnc1C#N)C1CCCN(Cc2ccccc2)C1. The zero-order valence-electron chi connectivity index (χ0n) is 13.4. The van der Waals surface area contributed by atoms with Gasteiger partial charge in [-0.2, -0.15) is 5.26 Å². The number of hydrogen-bond acceptors (Lipinski definition) is 5. The zero-order valence-corrected chi connectivity index (χ0v) is 13.4. The lowest BCUT2D eigenvalue weighted by Crippen LogP contribution is -2.46. The summed E-state index contributed by atoms with van der Waals surface area (Å²) in [6, 6.07) is 13.1. The number of piperidine rings is 1. The normalized spacial score (nSPS) is 18.3. The Hall–Kier alpha value is -2.45. The van der Waals surface area contributed by atoms with Crippen LogP contribution in [0, 0.1) is 11.3 Å². The molecule has 0 saturated carbocycles. The van der Waals surface area contributed by atoms with Gasteiger partial charge in [-0.05, 0) is 24.9 Å². The van der Waals surface area contributed by atoms with Crippen molar-refractivity contribution in [3.8, 4) is 6.07 Å². The smallest absolute Gasteiger partial charge is 0.183 e. The molecule has 5 heteroatoms. The predicted molar refractivity (Wildman–Crippen MR) is 89.9 cm³/mol. The van der Waals surface area contributed by atoms with Gasteiger partial charge in [0.2, 0.25) is 0 Å². The van der Waals surface area contributed by atoms with E-state index in [1.165, 1.54) is 5.56 Å². The van der Waals surface area contributed by atoms with Crippen LogP contribution in [0.3, 0.4) is 0 Å². The van der Waals surface area contributed by atoms with Crippen molar-refractivity contribution < 1.29 is 0 Å². The maximum atomic E-state index is 9.22. The molecule has 118 valence electrons. The molecule has 0 N–H and O–H groups in total. The maximum absolute atomic E-state index is 9.22. The largest absolute Gasteiger partial charge is 0.353 e. The number of hydrogen-bond donors (Lipinski definition) is 0. The average molecular weight is 307 g/mol. The number of likely N-dealkylation sites (N-methyl/N-ethyl adjacent to an activating group) is 1. The Morgan fingerprint density at radius 1 is 1.26 bits per heavy atom. The Labute approximate surface area is 137 Å². The van der Waals surface area contributed by atoms with Crippen molar-refractivity contribution in [3.63, 3.8) is 0 Å². The molecule has 1 aromatic carbocycles. The van der Waals surface area contributed by atoms with Crippen LogP contribution >= 0.6 is 0 Å². The highest BCUT2D eigenvalue weighted by Crippen LogP contribution is 2.22. The summed E-state index contributed by atoms with van der Waals surface area (Å²) in [4.78, 5) is 13.1. The Morgan fingerprint density at radius 3 is 2.83 bits per heavy atom. The number of aromatic nitrogens is 2. The van der Waals surface area contributed by atoms with Crippen LogP contribution in [0.2, 0.25) is 0 Å². The van der Waals surface area contributed by atoms with E-state index in [1.54, 1.807) is 12.4 Å². The molecule has 1 aromatic heterocycles. The van der Waals surface area contributed by atoms with E-state index in [2.05, 4.69) is 50.1 Å². The fraction of sp³-hybridized carbons (Fsp3) is 0.389. The van der Waals surface area contributed by atoms with Crippen molar-refractivity contribution in [1.82, 2.24) is 14.9 Å². The van der Waals surface area contributed by atoms with Crippen LogP contribution in [0.1, 0.15) is 24.1 Å². The molecule has 23 heavy (non-hydrogen) atoms. The Balaban J connectivity index is 1.69. The van der Waals surface area contributed by atoms with Crippen molar-refractivity contribution >= 4 is 5.82 Å². The monoisotopic (exact) mass is 307 g/mol. The fourth-order valence-electron chi connectivity index (χ4n) is 3.17. The Kier molecular flexibility index (Phi) is 4.84. The van der Waals surface area contributed by atoms with E-state index >= 15 is 0 Å². The van der Waals surface area contributed by atoms with Gasteiger partial charge >= 0.3 is 0 Å². The molecule has 2 heterocycles. The van der Waals surface area contributed by atoms with Gasteiger partial charge in [0.05, 0.1) is 0 Å². The third kappa shape index (κ3) is 3.66. The quantitative estimate of drug-likeness (QED) is 0.868. The van der Waals surface area contributed by atoms with Crippen LogP contribution in [0.5, 0.6) is 0 Å². The number of rotatable bonds is 4. The number of anilines is 1. The van der Waals surface area contributed by atoms with Crippen LogP contribution in [-0.2, 0) is 6.54 Å². The summed E-state index contributed by atoms with van der Waals surface area (Å²) in [5.74, 6) is 0.682. The highest BCUT2D eigenvalue weighted by atomic mass is 15.3. The van der Waals surface area contributed by atoms with Crippen LogP contribution in [0.15, 0.2) is 42.7 Å². The first-order valence-electron chi connectivity index (χ1n) is 7.98. The van der Waals surface area contributed by atoms with Crippen LogP contribution in [0.25, 0.3) is 0 Å². The summed E-state index contributed by atoms with van der Waals surface area (Å²) in [6.07, 6.45) is 5.49. The minimum atomic E-state index is 0.358. The Bertz CT molecular complexity index is 679. The first-order valence-corrected chi connectivity index (χ1v) is 7.98. The highest BCUT2D eigenvalue weighted by molar-refractivity contribution is 5.49. The second kappa shape index (κ2) is 7.21. The van der Waals surface area contributed by atoms with Gasteiger partial charge in [-0.25, -0.2) is 9.97 Å². The molecule has 1 aliphatic heterocycles. The molecule has 5 nitrogen and oxygen atoms in total. The lowest BCUT2D eigenvalue weighted by atomic mass is 10.0. The maximum Gasteiger partial charge on any atom is 0.183 e. The summed E-state index contributed by atoms with van der Waals surface area (Å²) in [7, 11) is 2.02. The second-order valence-corrected chi connectivity index (χ2v) is 5.97. The van der Waals surface area contributed by atoms with Crippen molar-refractivity contribution in [2.45, 2.75) is 25.4 Å². The molecule has 0 aliphatic carbocycles. The molecule has 0 radical (unpaired) electrons. The molecule has 0 spiro atoms. The highest BCUT2D eigenvalue weighted by Gasteiger charge is 2.25. The first-order chi connectivity index (χ1) is 11.3. The summed E-state index contributed by atoms with van der Waals surface area (Å²) >= 11 is 0. The molecule has 1 fully saturated rings. The molecule has 1 unspecified atom stereocenters. The number of benzene rings is 1.